The molecule has 3 aliphatic rings. The van der Waals surface area contributed by atoms with Crippen molar-refractivity contribution in [3.05, 3.63) is 104 Å². The van der Waals surface area contributed by atoms with Crippen molar-refractivity contribution >= 4 is 57.1 Å². The number of nitrogens with one attached hydrogen (secondary N) is 3. The highest BCUT2D eigenvalue weighted by Crippen LogP contribution is 2.41. The van der Waals surface area contributed by atoms with E-state index in [0.717, 1.165) is 77.7 Å². The highest BCUT2D eigenvalue weighted by Gasteiger charge is 2.37. The molecule has 3 aromatic carbocycles. The van der Waals surface area contributed by atoms with Gasteiger partial charge in [0.2, 0.25) is 11.7 Å². The van der Waals surface area contributed by atoms with Crippen LogP contribution >= 0.6 is 22.9 Å². The van der Waals surface area contributed by atoms with Crippen LogP contribution < -0.4 is 10.2 Å². The number of phenolic OH excluding ortho intramolecular Hbond substituents is 2. The number of amides is 2. The number of likely N-dealkylation sites (tertiary alicyclic amines) is 1. The lowest BCUT2D eigenvalue weighted by atomic mass is 9.95. The second-order valence-corrected chi connectivity index (χ2v) is 20.2. The number of anilines is 1. The van der Waals surface area contributed by atoms with E-state index < -0.39 is 30.5 Å². The summed E-state index contributed by atoms with van der Waals surface area (Å²) in [7, 11) is 0. The first-order chi connectivity index (χ1) is 33.3. The second kappa shape index (κ2) is 20.7. The molecule has 0 unspecified atom stereocenters. The lowest BCUT2D eigenvalue weighted by molar-refractivity contribution is -0.132. The number of carbonyl (C=O) groups is 2. The molecule has 5 N–H and O–H groups in total. The van der Waals surface area contributed by atoms with Crippen molar-refractivity contribution < 1.29 is 33.0 Å². The second-order valence-electron chi connectivity index (χ2n) is 18.6. The first-order valence-corrected chi connectivity index (χ1v) is 24.5. The zero-order chi connectivity index (χ0) is 50.2. The van der Waals surface area contributed by atoms with Gasteiger partial charge in [-0.3, -0.25) is 39.8 Å². The van der Waals surface area contributed by atoms with Gasteiger partial charge in [0, 0.05) is 85.1 Å². The minimum atomic E-state index is -4.65. The number of halogens is 4. The van der Waals surface area contributed by atoms with E-state index in [1.165, 1.54) is 28.0 Å². The van der Waals surface area contributed by atoms with Crippen molar-refractivity contribution in [2.75, 3.05) is 57.3 Å². The quantitative estimate of drug-likeness (QED) is 0.0603. The van der Waals surface area contributed by atoms with Gasteiger partial charge in [-0.2, -0.15) is 13.2 Å². The van der Waals surface area contributed by atoms with Gasteiger partial charge in [-0.05, 0) is 92.5 Å². The number of carbonyl (C=O) groups excluding carboxylic acids is 2. The Kier molecular flexibility index (Phi) is 14.8. The van der Waals surface area contributed by atoms with E-state index >= 15 is 0 Å². The predicted octanol–water partition coefficient (Wildman–Crippen LogP) is 8.54. The summed E-state index contributed by atoms with van der Waals surface area (Å²) in [5.74, 6) is -1.42. The molecule has 5 aromatic rings. The molecule has 3 aliphatic heterocycles. The zero-order valence-electron chi connectivity index (χ0n) is 39.7. The maximum absolute atomic E-state index is 14.0. The van der Waals surface area contributed by atoms with Crippen molar-refractivity contribution in [3.63, 3.8) is 0 Å². The van der Waals surface area contributed by atoms with Crippen LogP contribution in [-0.4, -0.2) is 133 Å². The fraction of sp³-hybridized carbons (Fsp3) is 0.420. The lowest BCUT2D eigenvalue weighted by Crippen LogP contribution is -2.49. The summed E-state index contributed by atoms with van der Waals surface area (Å²) in [6, 6.07) is 16.6. The molecule has 370 valence electrons. The van der Waals surface area contributed by atoms with Gasteiger partial charge in [-0.1, -0.05) is 49.7 Å². The number of phenols is 2. The summed E-state index contributed by atoms with van der Waals surface area (Å²) in [5, 5.41) is 50.6. The maximum Gasteiger partial charge on any atom is 0.405 e. The van der Waals surface area contributed by atoms with E-state index in [1.54, 1.807) is 24.0 Å². The van der Waals surface area contributed by atoms with Crippen molar-refractivity contribution in [1.82, 2.24) is 34.8 Å². The monoisotopic (exact) mass is 999 g/mol. The smallest absolute Gasteiger partial charge is 0.405 e. The summed E-state index contributed by atoms with van der Waals surface area (Å²) < 4.78 is 40.5. The third kappa shape index (κ3) is 10.9. The van der Waals surface area contributed by atoms with Crippen LogP contribution in [0.15, 0.2) is 65.7 Å². The van der Waals surface area contributed by atoms with E-state index in [9.17, 15) is 38.4 Å². The first kappa shape index (κ1) is 50.2. The van der Waals surface area contributed by atoms with Gasteiger partial charge in [0.25, 0.3) is 5.91 Å². The largest absolute Gasteiger partial charge is 0.508 e. The number of aryl methyl sites for hydroxylation is 1. The van der Waals surface area contributed by atoms with E-state index in [-0.39, 0.29) is 52.8 Å². The molecule has 70 heavy (non-hydrogen) atoms. The van der Waals surface area contributed by atoms with E-state index in [4.69, 9.17) is 22.0 Å². The van der Waals surface area contributed by atoms with Crippen LogP contribution in [-0.2, 0) is 11.3 Å². The normalized spacial score (nSPS) is 17.4. The Morgan fingerprint density at radius 1 is 0.929 bits per heavy atom. The molecule has 0 radical (unpaired) electrons. The molecule has 0 saturated carbocycles. The summed E-state index contributed by atoms with van der Waals surface area (Å²) in [6.07, 6.45) is -2.89. The average molecular weight is 1000 g/mol. The van der Waals surface area contributed by atoms with Crippen LogP contribution in [0.4, 0.5) is 18.2 Å². The Bertz CT molecular complexity index is 2810. The van der Waals surface area contributed by atoms with Crippen LogP contribution in [0.2, 0.25) is 5.02 Å². The number of piperazine rings is 1. The molecule has 0 spiro atoms. The third-order valence-corrected chi connectivity index (χ3v) is 14.8. The van der Waals surface area contributed by atoms with E-state index in [1.807, 2.05) is 74.3 Å². The Morgan fingerprint density at radius 3 is 2.21 bits per heavy atom. The molecule has 8 rings (SSSR count). The molecule has 2 fully saturated rings. The number of amidine groups is 2. The van der Waals surface area contributed by atoms with Gasteiger partial charge < -0.3 is 25.3 Å². The number of aliphatic imine (C=N–C) groups is 1. The number of rotatable bonds is 12. The molecule has 15 nitrogen and oxygen atoms in total. The number of hydrogen-bond acceptors (Lipinski definition) is 12. The van der Waals surface area contributed by atoms with Gasteiger partial charge in [0.05, 0.1) is 17.7 Å². The molecule has 5 heterocycles. The number of piperidine rings is 1. The maximum atomic E-state index is 14.0. The highest BCUT2D eigenvalue weighted by molar-refractivity contribution is 7.17. The first-order valence-electron chi connectivity index (χ1n) is 23.3. The van der Waals surface area contributed by atoms with Crippen LogP contribution in [0.5, 0.6) is 11.5 Å². The molecule has 0 bridgehead atoms. The minimum absolute atomic E-state index is 0.0157. The Labute approximate surface area is 413 Å². The Hall–Kier alpha value is -6.15. The van der Waals surface area contributed by atoms with Crippen molar-refractivity contribution in [3.8, 4) is 28.6 Å². The van der Waals surface area contributed by atoms with E-state index in [0.29, 0.717) is 47.5 Å². The summed E-state index contributed by atoms with van der Waals surface area (Å²) in [4.78, 5) is 41.6. The average Bonchev–Trinajstić information content (AvgIpc) is 3.84. The number of nitrogens with zero attached hydrogens (tertiary/aromatic N) is 8. The van der Waals surface area contributed by atoms with Gasteiger partial charge in [-0.15, -0.1) is 21.5 Å². The number of thiophene rings is 1. The third-order valence-electron chi connectivity index (χ3n) is 13.3. The number of fused-ring (bicyclic) bond motifs is 1. The number of aromatic hydroxyl groups is 2. The topological polar surface area (TPSA) is 190 Å². The van der Waals surface area contributed by atoms with Gasteiger partial charge in [-0.25, -0.2) is 0 Å². The predicted molar refractivity (Wildman–Crippen MR) is 267 cm³/mol. The molecule has 1 atom stereocenters. The summed E-state index contributed by atoms with van der Waals surface area (Å²) in [6.45, 7) is 14.1. The van der Waals surface area contributed by atoms with Gasteiger partial charge >= 0.3 is 6.18 Å². The van der Waals surface area contributed by atoms with Crippen LogP contribution in [0.25, 0.3) is 17.1 Å². The summed E-state index contributed by atoms with van der Waals surface area (Å²) in [5.41, 5.74) is 5.45. The van der Waals surface area contributed by atoms with Gasteiger partial charge in [0.1, 0.15) is 40.8 Å². The van der Waals surface area contributed by atoms with Gasteiger partial charge in [0.15, 0.2) is 5.82 Å². The molecular formula is C50H57ClF3N11O4S. The molecule has 2 saturated heterocycles. The number of alkyl halides is 3. The van der Waals surface area contributed by atoms with Crippen molar-refractivity contribution in [2.45, 2.75) is 78.6 Å². The standard InChI is InChI=1S/C50H57ClF3N11O4S/c1-28(2)37-22-38(41(67)24-40(37)66)46-59-60-47(48(69)57-27-50(52,53)54)65(46)36-12-6-32(7-13-36)25-61-18-20-62(21-19-61)26-33-14-16-63(17-15-33)42(68)23-39-45(56)64(31(5)55)49-43(29(3)30(4)70-49)44(58-39)34-8-10-35(51)11-9-34/h6-13,22,24,28,33,39,55-56,66-67H,14-21,23,25-27H2,1-5H3,(H,57,69)/t39-/m0/s1. The number of hydrogen-bond donors (Lipinski definition) is 5. The Balaban J connectivity index is 0.872. The highest BCUT2D eigenvalue weighted by atomic mass is 35.5. The lowest BCUT2D eigenvalue weighted by Gasteiger charge is -2.39. The fourth-order valence-electron chi connectivity index (χ4n) is 9.40. The van der Waals surface area contributed by atoms with Crippen molar-refractivity contribution in [2.24, 2.45) is 10.9 Å². The number of aromatic nitrogens is 3. The van der Waals surface area contributed by atoms with Crippen LogP contribution in [0.3, 0.4) is 0 Å². The van der Waals surface area contributed by atoms with Crippen LogP contribution in [0, 0.1) is 30.6 Å². The van der Waals surface area contributed by atoms with E-state index in [2.05, 4.69) is 20.0 Å². The molecular weight excluding hydrogens is 943 g/mol. The van der Waals surface area contributed by atoms with Crippen LogP contribution in [0.1, 0.15) is 89.3 Å². The Morgan fingerprint density at radius 2 is 1.59 bits per heavy atom. The van der Waals surface area contributed by atoms with Crippen molar-refractivity contribution in [1.29, 1.82) is 10.8 Å². The number of benzene rings is 3. The fourth-order valence-corrected chi connectivity index (χ4v) is 10.7. The molecule has 2 amide bonds. The SMILES string of the molecule is CC(=N)N1C(=N)[C@H](CC(=O)N2CCC(CN3CCN(Cc4ccc(-n5c(C(=O)NCC(F)(F)F)nnc5-c5cc(C(C)C)c(O)cc5O)cc4)CC3)CC2)N=C(c2ccc(Cl)cc2)c2c1sc(C)c2C. The summed E-state index contributed by atoms with van der Waals surface area (Å²) >= 11 is 7.78. The molecule has 20 heteroatoms. The minimum Gasteiger partial charge on any atom is -0.508 e. The zero-order valence-corrected chi connectivity index (χ0v) is 41.3. The molecule has 2 aromatic heterocycles. The molecule has 0 aliphatic carbocycles.